The number of nitrogens with zero attached hydrogens (tertiary/aromatic N) is 1. The van der Waals surface area contributed by atoms with E-state index in [1.165, 1.54) is 0 Å². The van der Waals surface area contributed by atoms with Crippen LogP contribution in [0.25, 0.3) is 0 Å². The molecule has 0 spiro atoms. The molecule has 1 aromatic rings. The van der Waals surface area contributed by atoms with Crippen LogP contribution in [0.4, 0.5) is 5.69 Å². The Labute approximate surface area is 129 Å². The van der Waals surface area contributed by atoms with Gasteiger partial charge in [-0.05, 0) is 31.9 Å². The van der Waals surface area contributed by atoms with Crippen LogP contribution in [-0.4, -0.2) is 33.9 Å². The minimum atomic E-state index is -0.812. The Balaban J connectivity index is 1.86. The molecule has 1 saturated heterocycles. The zero-order valence-corrected chi connectivity index (χ0v) is 12.8. The number of imide groups is 1. The largest absolute Gasteiger partial charge is 0.383 e. The number of piperidine rings is 1. The van der Waals surface area contributed by atoms with Crippen LogP contribution in [-0.2, 0) is 16.1 Å². The molecule has 0 aromatic heterocycles. The first-order chi connectivity index (χ1) is 10.5. The maximum atomic E-state index is 12.1. The number of amides is 2. The van der Waals surface area contributed by atoms with Gasteiger partial charge in [0.2, 0.25) is 11.8 Å². The average Bonchev–Trinajstić information content (AvgIpc) is 2.77. The molecule has 0 radical (unpaired) electrons. The summed E-state index contributed by atoms with van der Waals surface area (Å²) in [6.07, 6.45) is -0.0525. The molecule has 118 valence electrons. The maximum Gasteiger partial charge on any atom is 0.244 e. The lowest BCUT2D eigenvalue weighted by Gasteiger charge is -2.31. The number of hydrogen-bond acceptors (Lipinski definition) is 5. The van der Waals surface area contributed by atoms with E-state index in [-0.39, 0.29) is 17.9 Å². The van der Waals surface area contributed by atoms with Crippen LogP contribution in [0, 0.1) is 0 Å². The molecule has 0 aliphatic carbocycles. The number of rotatable bonds is 3. The van der Waals surface area contributed by atoms with E-state index >= 15 is 0 Å². The molecule has 1 aromatic carbocycles. The zero-order chi connectivity index (χ0) is 15.9. The van der Waals surface area contributed by atoms with E-state index in [0.717, 1.165) is 16.8 Å². The van der Waals surface area contributed by atoms with Crippen LogP contribution in [0.15, 0.2) is 18.2 Å². The van der Waals surface area contributed by atoms with Gasteiger partial charge in [0, 0.05) is 30.3 Å². The fourth-order valence-corrected chi connectivity index (χ4v) is 3.20. The molecule has 2 aliphatic heterocycles. The molecule has 1 fully saturated rings. The number of anilines is 1. The Morgan fingerprint density at radius 2 is 2.14 bits per heavy atom. The van der Waals surface area contributed by atoms with Gasteiger partial charge in [0.25, 0.3) is 0 Å². The molecule has 2 aliphatic rings. The van der Waals surface area contributed by atoms with Gasteiger partial charge in [-0.2, -0.15) is 0 Å². The summed E-state index contributed by atoms with van der Waals surface area (Å²) in [7, 11) is 0. The van der Waals surface area contributed by atoms with Gasteiger partial charge in [0.05, 0.1) is 6.04 Å². The number of carbonyl (C=O) groups excluding carboxylic acids is 2. The summed E-state index contributed by atoms with van der Waals surface area (Å²) in [5.41, 5.74) is 2.84. The predicted molar refractivity (Wildman–Crippen MR) is 81.9 cm³/mol. The maximum absolute atomic E-state index is 12.1. The molecule has 6 heteroatoms. The van der Waals surface area contributed by atoms with Gasteiger partial charge in [-0.15, -0.1) is 0 Å². The minimum Gasteiger partial charge on any atom is -0.383 e. The van der Waals surface area contributed by atoms with E-state index in [4.69, 9.17) is 0 Å². The van der Waals surface area contributed by atoms with Gasteiger partial charge in [-0.1, -0.05) is 12.1 Å². The van der Waals surface area contributed by atoms with Crippen molar-refractivity contribution in [3.63, 3.8) is 0 Å². The topological polar surface area (TPSA) is 81.7 Å². The molecular formula is C16H21N3O3. The Hall–Kier alpha value is -1.92. The van der Waals surface area contributed by atoms with Gasteiger partial charge < -0.3 is 10.4 Å². The quantitative estimate of drug-likeness (QED) is 0.729. The van der Waals surface area contributed by atoms with Crippen molar-refractivity contribution in [3.8, 4) is 0 Å². The van der Waals surface area contributed by atoms with E-state index in [1.807, 2.05) is 18.2 Å². The van der Waals surface area contributed by atoms with Gasteiger partial charge >= 0.3 is 0 Å². The monoisotopic (exact) mass is 303 g/mol. The molecule has 6 nitrogen and oxygen atoms in total. The summed E-state index contributed by atoms with van der Waals surface area (Å²) in [6, 6.07) is 5.60. The highest BCUT2D eigenvalue weighted by Crippen LogP contribution is 2.38. The minimum absolute atomic E-state index is 0.241. The van der Waals surface area contributed by atoms with Crippen LogP contribution in [0.2, 0.25) is 0 Å². The number of carbonyl (C=O) groups is 2. The Kier molecular flexibility index (Phi) is 3.88. The van der Waals surface area contributed by atoms with Gasteiger partial charge in [-0.25, -0.2) is 0 Å². The lowest BCUT2D eigenvalue weighted by Crippen LogP contribution is -2.51. The van der Waals surface area contributed by atoms with E-state index < -0.39 is 12.3 Å². The van der Waals surface area contributed by atoms with Gasteiger partial charge in [-0.3, -0.25) is 19.8 Å². The summed E-state index contributed by atoms with van der Waals surface area (Å²) in [5, 5.41) is 16.3. The third-order valence-electron chi connectivity index (χ3n) is 4.20. The lowest BCUT2D eigenvalue weighted by atomic mass is 10.0. The SMILES string of the molecule is CC(C)Nc1cccc2c1CN(C1CCC(=O)NC1=O)C2O. The van der Waals surface area contributed by atoms with Gasteiger partial charge in [0.1, 0.15) is 6.23 Å². The standard InChI is InChI=1S/C16H21N3O3/c1-9(2)17-12-5-3-4-10-11(12)8-19(16(10)22)13-6-7-14(20)18-15(13)21/h3-5,9,13,16-17,22H,6-8H2,1-2H3,(H,18,20,21). The third-order valence-corrected chi connectivity index (χ3v) is 4.20. The second-order valence-corrected chi connectivity index (χ2v) is 6.19. The summed E-state index contributed by atoms with van der Waals surface area (Å²) in [5.74, 6) is -0.559. The highest BCUT2D eigenvalue weighted by Gasteiger charge is 2.40. The molecule has 2 unspecified atom stereocenters. The lowest BCUT2D eigenvalue weighted by molar-refractivity contribution is -0.141. The summed E-state index contributed by atoms with van der Waals surface area (Å²) in [4.78, 5) is 25.1. The smallest absolute Gasteiger partial charge is 0.244 e. The Bertz CT molecular complexity index is 615. The van der Waals surface area contributed by atoms with Crippen molar-refractivity contribution >= 4 is 17.5 Å². The van der Waals surface area contributed by atoms with Crippen molar-refractivity contribution in [3.05, 3.63) is 29.3 Å². The molecule has 0 bridgehead atoms. The van der Waals surface area contributed by atoms with Crippen LogP contribution < -0.4 is 10.6 Å². The number of fused-ring (bicyclic) bond motifs is 1. The summed E-state index contributed by atoms with van der Waals surface area (Å²) in [6.45, 7) is 4.62. The first-order valence-corrected chi connectivity index (χ1v) is 7.63. The van der Waals surface area contributed by atoms with Crippen molar-refractivity contribution in [2.24, 2.45) is 0 Å². The van der Waals surface area contributed by atoms with Crippen molar-refractivity contribution in [1.82, 2.24) is 10.2 Å². The zero-order valence-electron chi connectivity index (χ0n) is 12.8. The fraction of sp³-hybridized carbons (Fsp3) is 0.500. The molecule has 3 rings (SSSR count). The van der Waals surface area contributed by atoms with Crippen molar-refractivity contribution in [2.45, 2.75) is 51.5 Å². The van der Waals surface area contributed by atoms with Crippen LogP contribution in [0.5, 0.6) is 0 Å². The highest BCUT2D eigenvalue weighted by atomic mass is 16.3. The predicted octanol–water partition coefficient (Wildman–Crippen LogP) is 1.12. The van der Waals surface area contributed by atoms with Crippen molar-refractivity contribution in [2.75, 3.05) is 5.32 Å². The second kappa shape index (κ2) is 5.70. The molecule has 2 atom stereocenters. The third kappa shape index (κ3) is 2.60. The number of hydrogen-bond donors (Lipinski definition) is 3. The number of aliphatic hydroxyl groups is 1. The normalized spacial score (nSPS) is 25.3. The first kappa shape index (κ1) is 15.0. The van der Waals surface area contributed by atoms with E-state index in [2.05, 4.69) is 24.5 Å². The number of aliphatic hydroxyl groups excluding tert-OH is 1. The van der Waals surface area contributed by atoms with E-state index in [1.54, 1.807) is 4.90 Å². The molecule has 2 amide bonds. The average molecular weight is 303 g/mol. The van der Waals surface area contributed by atoms with Crippen molar-refractivity contribution in [1.29, 1.82) is 0 Å². The van der Waals surface area contributed by atoms with E-state index in [9.17, 15) is 14.7 Å². The second-order valence-electron chi connectivity index (χ2n) is 6.19. The van der Waals surface area contributed by atoms with Gasteiger partial charge in [0.15, 0.2) is 0 Å². The van der Waals surface area contributed by atoms with E-state index in [0.29, 0.717) is 19.4 Å². The Morgan fingerprint density at radius 1 is 1.36 bits per heavy atom. The molecule has 0 saturated carbocycles. The van der Waals surface area contributed by atoms with Crippen LogP contribution in [0.1, 0.15) is 44.0 Å². The van der Waals surface area contributed by atoms with Crippen LogP contribution in [0.3, 0.4) is 0 Å². The number of nitrogens with one attached hydrogen (secondary N) is 2. The molecule has 3 N–H and O–H groups in total. The van der Waals surface area contributed by atoms with Crippen LogP contribution >= 0.6 is 0 Å². The molecule has 2 heterocycles. The molecule has 22 heavy (non-hydrogen) atoms. The summed E-state index contributed by atoms with van der Waals surface area (Å²) >= 11 is 0. The first-order valence-electron chi connectivity index (χ1n) is 7.63. The fourth-order valence-electron chi connectivity index (χ4n) is 3.20. The van der Waals surface area contributed by atoms with Crippen molar-refractivity contribution < 1.29 is 14.7 Å². The molecular weight excluding hydrogens is 282 g/mol. The Morgan fingerprint density at radius 3 is 2.82 bits per heavy atom. The summed E-state index contributed by atoms with van der Waals surface area (Å²) < 4.78 is 0. The number of benzene rings is 1. The highest BCUT2D eigenvalue weighted by molar-refractivity contribution is 6.00.